The molecule has 46 heavy (non-hydrogen) atoms. The molecule has 246 valence electrons. The monoisotopic (exact) mass is 655 g/mol. The normalized spacial score (nSPS) is 17.0. The van der Waals surface area contributed by atoms with Crippen LogP contribution in [-0.2, 0) is 14.4 Å². The Morgan fingerprint density at radius 3 is 2.50 bits per heavy atom. The van der Waals surface area contributed by atoms with Crippen molar-refractivity contribution in [2.75, 3.05) is 7.11 Å². The summed E-state index contributed by atoms with van der Waals surface area (Å²) in [5, 5.41) is 9.27. The van der Waals surface area contributed by atoms with Gasteiger partial charge in [0.25, 0.3) is 11.8 Å². The highest BCUT2D eigenvalue weighted by Gasteiger charge is 2.52. The van der Waals surface area contributed by atoms with E-state index in [1.54, 1.807) is 36.9 Å². The molecule has 3 aromatic rings. The van der Waals surface area contributed by atoms with E-state index in [2.05, 4.69) is 21.0 Å². The van der Waals surface area contributed by atoms with E-state index in [9.17, 15) is 19.2 Å². The number of halogens is 2. The van der Waals surface area contributed by atoms with Crippen LogP contribution in [0.15, 0.2) is 47.3 Å². The molecule has 3 amide bonds. The average molecular weight is 656 g/mol. The number of nitrogens with zero attached hydrogens (tertiary/aromatic N) is 2. The second kappa shape index (κ2) is 14.4. The predicted octanol–water partition coefficient (Wildman–Crippen LogP) is 5.31. The van der Waals surface area contributed by atoms with Gasteiger partial charge in [0.05, 0.1) is 24.3 Å². The van der Waals surface area contributed by atoms with Crippen LogP contribution >= 0.6 is 11.6 Å². The number of aryl methyl sites for hydroxylation is 2. The van der Waals surface area contributed by atoms with Crippen LogP contribution in [0.4, 0.5) is 4.39 Å². The Bertz CT molecular complexity index is 1650. The molecule has 3 atom stereocenters. The number of hydrogen-bond donors (Lipinski definition) is 3. The number of benzene rings is 2. The summed E-state index contributed by atoms with van der Waals surface area (Å²) in [6.07, 6.45) is 1.99. The number of H-pyrrole nitrogens is 1. The first-order valence-electron chi connectivity index (χ1n) is 15.1. The highest BCUT2D eigenvalue weighted by Crippen LogP contribution is 2.47. The molecule has 0 radical (unpaired) electrons. The number of carbonyl (C=O) groups excluding carboxylic acids is 3. The Morgan fingerprint density at radius 2 is 1.87 bits per heavy atom. The molecule has 2 heterocycles. The van der Waals surface area contributed by atoms with E-state index >= 15 is 4.39 Å². The summed E-state index contributed by atoms with van der Waals surface area (Å²) in [7, 11) is 1.36. The molecule has 1 aliphatic heterocycles. The molecule has 4 rings (SSSR count). The molecular weight excluding hydrogens is 617 g/mol. The highest BCUT2D eigenvalue weighted by atomic mass is 35.5. The van der Waals surface area contributed by atoms with Crippen LogP contribution in [-0.4, -0.2) is 52.0 Å². The molecule has 0 aliphatic carbocycles. The zero-order valence-electron chi connectivity index (χ0n) is 26.7. The molecule has 1 aliphatic rings. The van der Waals surface area contributed by atoms with Gasteiger partial charge >= 0.3 is 5.56 Å². The van der Waals surface area contributed by atoms with Crippen molar-refractivity contribution in [2.45, 2.75) is 78.4 Å². The third-order valence-corrected chi connectivity index (χ3v) is 8.97. The predicted molar refractivity (Wildman–Crippen MR) is 170 cm³/mol. The van der Waals surface area contributed by atoms with E-state index in [1.807, 2.05) is 19.9 Å². The number of hydroxylamine groups is 1. The maximum absolute atomic E-state index is 15.2. The lowest BCUT2D eigenvalue weighted by Gasteiger charge is -2.43. The molecule has 0 saturated carbocycles. The van der Waals surface area contributed by atoms with Gasteiger partial charge in [-0.15, -0.1) is 0 Å². The van der Waals surface area contributed by atoms with E-state index < -0.39 is 46.7 Å². The lowest BCUT2D eigenvalue weighted by atomic mass is 9.73. The van der Waals surface area contributed by atoms with Crippen molar-refractivity contribution in [3.8, 4) is 11.5 Å². The average Bonchev–Trinajstić information content (AvgIpc) is 3.46. The van der Waals surface area contributed by atoms with Crippen molar-refractivity contribution in [1.29, 1.82) is 0 Å². The van der Waals surface area contributed by atoms with Gasteiger partial charge in [-0.05, 0) is 81.8 Å². The number of ether oxygens (including phenoxy) is 1. The van der Waals surface area contributed by atoms with Crippen molar-refractivity contribution in [2.24, 2.45) is 5.41 Å². The number of likely N-dealkylation sites (tertiary alicyclic amines) is 1. The van der Waals surface area contributed by atoms with Gasteiger partial charge in [-0.25, -0.2) is 15.0 Å². The second-order valence-corrected chi connectivity index (χ2v) is 11.9. The van der Waals surface area contributed by atoms with Gasteiger partial charge in [0.15, 0.2) is 17.3 Å². The van der Waals surface area contributed by atoms with E-state index in [0.717, 1.165) is 11.6 Å². The summed E-state index contributed by atoms with van der Waals surface area (Å²) in [4.78, 5) is 59.8. The number of aromatic amines is 1. The standard InChI is InChI=1S/C33H39ClFN5O6/c1-7-33(8-2,32(44)39-45-6)27-13-12-25(21-10-9-11-23(34)16-21)40(27)31(43)20(5)36-29(41)22-14-18(3)28(24(35)17-22)46-26-15-19(4)37-38-30(26)42/h9-11,14-17,20,25,27H,7-8,12-13H2,1-6H3,(H,36,41)(H,38,42)(H,39,44)/t20-,25+,27-/m1/s1. The first-order chi connectivity index (χ1) is 21.9. The molecular formula is C33H39ClFN5O6. The van der Waals surface area contributed by atoms with Crippen molar-refractivity contribution >= 4 is 29.3 Å². The minimum atomic E-state index is -1.04. The number of hydrogen-bond acceptors (Lipinski definition) is 7. The molecule has 1 saturated heterocycles. The van der Waals surface area contributed by atoms with Gasteiger partial charge < -0.3 is 15.0 Å². The third kappa shape index (κ3) is 6.92. The minimum absolute atomic E-state index is 0.0397. The molecule has 0 unspecified atom stereocenters. The fourth-order valence-corrected chi connectivity index (χ4v) is 6.51. The van der Waals surface area contributed by atoms with Crippen LogP contribution in [0.3, 0.4) is 0 Å². The smallest absolute Gasteiger partial charge is 0.307 e. The van der Waals surface area contributed by atoms with Crippen LogP contribution in [0.2, 0.25) is 5.02 Å². The van der Waals surface area contributed by atoms with Gasteiger partial charge in [0.1, 0.15) is 6.04 Å². The molecule has 2 aromatic carbocycles. The van der Waals surface area contributed by atoms with Crippen LogP contribution < -0.4 is 21.1 Å². The third-order valence-electron chi connectivity index (χ3n) is 8.74. The van der Waals surface area contributed by atoms with Gasteiger partial charge in [-0.3, -0.25) is 24.0 Å². The van der Waals surface area contributed by atoms with Gasteiger partial charge in [-0.1, -0.05) is 37.6 Å². The van der Waals surface area contributed by atoms with Crippen LogP contribution in [0.1, 0.15) is 79.7 Å². The summed E-state index contributed by atoms with van der Waals surface area (Å²) in [6.45, 7) is 8.53. The maximum Gasteiger partial charge on any atom is 0.307 e. The number of carbonyl (C=O) groups is 3. The molecule has 1 fully saturated rings. The molecule has 3 N–H and O–H groups in total. The second-order valence-electron chi connectivity index (χ2n) is 11.5. The Labute approximate surface area is 271 Å². The van der Waals surface area contributed by atoms with Gasteiger partial charge in [0.2, 0.25) is 5.91 Å². The molecule has 11 nitrogen and oxygen atoms in total. The Morgan fingerprint density at radius 1 is 1.15 bits per heavy atom. The fraction of sp³-hybridized carbons (Fsp3) is 0.424. The van der Waals surface area contributed by atoms with Crippen molar-refractivity contribution in [3.63, 3.8) is 0 Å². The number of amides is 3. The van der Waals surface area contributed by atoms with Crippen molar-refractivity contribution in [1.82, 2.24) is 25.9 Å². The summed E-state index contributed by atoms with van der Waals surface area (Å²) in [6, 6.07) is 9.05. The van der Waals surface area contributed by atoms with Crippen LogP contribution in [0.25, 0.3) is 0 Å². The van der Waals surface area contributed by atoms with Crippen LogP contribution in [0.5, 0.6) is 11.5 Å². The van der Waals surface area contributed by atoms with Gasteiger partial charge in [-0.2, -0.15) is 5.10 Å². The number of rotatable bonds is 11. The van der Waals surface area contributed by atoms with E-state index in [4.69, 9.17) is 21.2 Å². The molecule has 13 heteroatoms. The minimum Gasteiger partial charge on any atom is -0.448 e. The zero-order chi connectivity index (χ0) is 33.8. The largest absolute Gasteiger partial charge is 0.448 e. The Hall–Kier alpha value is -4.29. The van der Waals surface area contributed by atoms with E-state index in [1.165, 1.54) is 26.2 Å². The van der Waals surface area contributed by atoms with Crippen LogP contribution in [0, 0.1) is 25.1 Å². The van der Waals surface area contributed by atoms with Crippen molar-refractivity contribution < 1.29 is 28.3 Å². The van der Waals surface area contributed by atoms with E-state index in [0.29, 0.717) is 36.4 Å². The Kier molecular flexibility index (Phi) is 10.8. The summed E-state index contributed by atoms with van der Waals surface area (Å²) in [5.74, 6) is -2.64. The first kappa shape index (κ1) is 34.6. The lowest BCUT2D eigenvalue weighted by Crippen LogP contribution is -2.57. The molecule has 0 bridgehead atoms. The fourth-order valence-electron chi connectivity index (χ4n) is 6.31. The molecule has 1 aromatic heterocycles. The summed E-state index contributed by atoms with van der Waals surface area (Å²) < 4.78 is 20.8. The topological polar surface area (TPSA) is 143 Å². The van der Waals surface area contributed by atoms with Gasteiger partial charge in [0, 0.05) is 22.7 Å². The number of nitrogens with one attached hydrogen (secondary N) is 3. The quantitative estimate of drug-likeness (QED) is 0.238. The SMILES string of the molecule is CCC(CC)(C(=O)NOC)[C@H]1CC[C@@H](c2cccc(Cl)c2)N1C(=O)[C@@H](C)NC(=O)c1cc(C)c(Oc2cc(C)n[nH]c2=O)c(F)c1. The molecule has 0 spiro atoms. The Balaban J connectivity index is 1.63. The highest BCUT2D eigenvalue weighted by molar-refractivity contribution is 6.30. The maximum atomic E-state index is 15.2. The summed E-state index contributed by atoms with van der Waals surface area (Å²) >= 11 is 6.32. The summed E-state index contributed by atoms with van der Waals surface area (Å²) in [5.41, 5.74) is 2.37. The van der Waals surface area contributed by atoms with E-state index in [-0.39, 0.29) is 28.5 Å². The lowest BCUT2D eigenvalue weighted by molar-refractivity contribution is -0.151. The van der Waals surface area contributed by atoms with Crippen molar-refractivity contribution in [3.05, 3.63) is 86.0 Å². The first-order valence-corrected chi connectivity index (χ1v) is 15.5. The zero-order valence-corrected chi connectivity index (χ0v) is 27.5. The number of aromatic nitrogens is 2.